The third kappa shape index (κ3) is 3.40. The number of hydrogen-bond donors (Lipinski definition) is 1. The van der Waals surface area contributed by atoms with Crippen LogP contribution in [0, 0.1) is 11.6 Å². The summed E-state index contributed by atoms with van der Waals surface area (Å²) in [5.41, 5.74) is 0. The summed E-state index contributed by atoms with van der Waals surface area (Å²) in [7, 11) is -3.89. The Morgan fingerprint density at radius 3 is 2.70 bits per heavy atom. The van der Waals surface area contributed by atoms with Gasteiger partial charge in [-0.2, -0.15) is 0 Å². The minimum atomic E-state index is -3.89. The Labute approximate surface area is 115 Å². The van der Waals surface area contributed by atoms with Crippen LogP contribution in [0.15, 0.2) is 41.8 Å². The van der Waals surface area contributed by atoms with E-state index in [0.717, 1.165) is 12.1 Å². The van der Waals surface area contributed by atoms with E-state index in [1.54, 1.807) is 30.2 Å². The third-order valence-electron chi connectivity index (χ3n) is 2.60. The normalized spacial score (nSPS) is 13.3. The molecule has 8 heteroatoms. The molecule has 0 amide bonds. The van der Waals surface area contributed by atoms with Crippen LogP contribution in [-0.2, 0) is 16.6 Å². The molecule has 1 N–H and O–H groups in total. The number of nitrogens with one attached hydrogen (secondary N) is 1. The van der Waals surface area contributed by atoms with Gasteiger partial charge in [0, 0.05) is 25.0 Å². The largest absolute Gasteiger partial charge is 0.336 e. The number of rotatable bonds is 5. The first-order valence-corrected chi connectivity index (χ1v) is 7.30. The molecular formula is C12H13F2N3O2S. The molecule has 20 heavy (non-hydrogen) atoms. The summed E-state index contributed by atoms with van der Waals surface area (Å²) in [6, 6.07) is 2.03. The molecule has 0 bridgehead atoms. The molecule has 0 saturated carbocycles. The van der Waals surface area contributed by atoms with Crippen LogP contribution in [0.1, 0.15) is 6.92 Å². The summed E-state index contributed by atoms with van der Waals surface area (Å²) >= 11 is 0. The van der Waals surface area contributed by atoms with Crippen molar-refractivity contribution >= 4 is 10.0 Å². The third-order valence-corrected chi connectivity index (χ3v) is 4.19. The van der Waals surface area contributed by atoms with Crippen LogP contribution in [-0.4, -0.2) is 24.0 Å². The maximum Gasteiger partial charge on any atom is 0.240 e. The molecule has 0 aliphatic carbocycles. The van der Waals surface area contributed by atoms with Gasteiger partial charge in [-0.15, -0.1) is 0 Å². The first-order chi connectivity index (χ1) is 9.38. The van der Waals surface area contributed by atoms with Crippen molar-refractivity contribution in [3.63, 3.8) is 0 Å². The minimum absolute atomic E-state index is 0.311. The van der Waals surface area contributed by atoms with E-state index in [9.17, 15) is 17.2 Å². The average Bonchev–Trinajstić information content (AvgIpc) is 2.84. The molecule has 1 unspecified atom stereocenters. The van der Waals surface area contributed by atoms with E-state index in [0.29, 0.717) is 12.6 Å². The Bertz CT molecular complexity index is 687. The molecule has 0 radical (unpaired) electrons. The Kier molecular flexibility index (Phi) is 4.15. The topological polar surface area (TPSA) is 64.0 Å². The van der Waals surface area contributed by atoms with Gasteiger partial charge >= 0.3 is 0 Å². The number of nitrogens with zero attached hydrogens (tertiary/aromatic N) is 2. The van der Waals surface area contributed by atoms with Gasteiger partial charge in [0.05, 0.1) is 11.2 Å². The van der Waals surface area contributed by atoms with Gasteiger partial charge in [-0.05, 0) is 25.1 Å². The molecule has 0 spiro atoms. The van der Waals surface area contributed by atoms with Gasteiger partial charge in [0.2, 0.25) is 10.0 Å². The number of hydrogen-bond acceptors (Lipinski definition) is 3. The second-order valence-corrected chi connectivity index (χ2v) is 6.07. The van der Waals surface area contributed by atoms with E-state index in [1.165, 1.54) is 0 Å². The van der Waals surface area contributed by atoms with Crippen LogP contribution in [0.2, 0.25) is 0 Å². The zero-order valence-electron chi connectivity index (χ0n) is 10.6. The molecule has 2 rings (SSSR count). The Morgan fingerprint density at radius 1 is 1.35 bits per heavy atom. The van der Waals surface area contributed by atoms with E-state index in [-0.39, 0.29) is 4.90 Å². The predicted molar refractivity (Wildman–Crippen MR) is 68.4 cm³/mol. The SMILES string of the molecule is CC(Cn1ccnc1)NS(=O)(=O)c1ccc(F)c(F)c1. The highest BCUT2D eigenvalue weighted by atomic mass is 32.2. The molecule has 0 aliphatic heterocycles. The maximum atomic E-state index is 13.1. The fourth-order valence-electron chi connectivity index (χ4n) is 1.73. The minimum Gasteiger partial charge on any atom is -0.336 e. The van der Waals surface area contributed by atoms with E-state index in [2.05, 4.69) is 9.71 Å². The van der Waals surface area contributed by atoms with Crippen LogP contribution in [0.25, 0.3) is 0 Å². The van der Waals surface area contributed by atoms with Crippen LogP contribution in [0.4, 0.5) is 8.78 Å². The highest BCUT2D eigenvalue weighted by Crippen LogP contribution is 2.14. The quantitative estimate of drug-likeness (QED) is 0.911. The van der Waals surface area contributed by atoms with Crippen molar-refractivity contribution in [1.82, 2.24) is 14.3 Å². The van der Waals surface area contributed by atoms with Gasteiger partial charge in [-0.3, -0.25) is 0 Å². The van der Waals surface area contributed by atoms with Gasteiger partial charge in [0.1, 0.15) is 0 Å². The number of sulfonamides is 1. The van der Waals surface area contributed by atoms with Crippen LogP contribution in [0.3, 0.4) is 0 Å². The number of aromatic nitrogens is 2. The molecule has 0 aliphatic rings. The highest BCUT2D eigenvalue weighted by Gasteiger charge is 2.19. The molecule has 1 aromatic heterocycles. The van der Waals surface area contributed by atoms with Crippen LogP contribution >= 0.6 is 0 Å². The smallest absolute Gasteiger partial charge is 0.240 e. The van der Waals surface area contributed by atoms with Crippen LogP contribution in [0.5, 0.6) is 0 Å². The average molecular weight is 301 g/mol. The number of imidazole rings is 1. The summed E-state index contributed by atoms with van der Waals surface area (Å²) in [5, 5.41) is 0. The fourth-order valence-corrected chi connectivity index (χ4v) is 2.97. The van der Waals surface area contributed by atoms with Crippen molar-refractivity contribution in [2.75, 3.05) is 0 Å². The first-order valence-electron chi connectivity index (χ1n) is 5.81. The summed E-state index contributed by atoms with van der Waals surface area (Å²) in [6.07, 6.45) is 4.83. The second kappa shape index (κ2) is 5.68. The zero-order chi connectivity index (χ0) is 14.8. The lowest BCUT2D eigenvalue weighted by Gasteiger charge is -2.14. The summed E-state index contributed by atoms with van der Waals surface area (Å²) in [5.74, 6) is -2.29. The monoisotopic (exact) mass is 301 g/mol. The van der Waals surface area contributed by atoms with Gasteiger partial charge in [0.25, 0.3) is 0 Å². The Morgan fingerprint density at radius 2 is 2.10 bits per heavy atom. The lowest BCUT2D eigenvalue weighted by atomic mass is 10.3. The second-order valence-electron chi connectivity index (χ2n) is 4.36. The summed E-state index contributed by atoms with van der Waals surface area (Å²) in [4.78, 5) is 3.53. The van der Waals surface area contributed by atoms with Gasteiger partial charge in [0.15, 0.2) is 11.6 Å². The lowest BCUT2D eigenvalue weighted by molar-refractivity contribution is 0.501. The van der Waals surface area contributed by atoms with Crippen molar-refractivity contribution < 1.29 is 17.2 Å². The summed E-state index contributed by atoms with van der Waals surface area (Å²) in [6.45, 7) is 2.04. The van der Waals surface area contributed by atoms with E-state index >= 15 is 0 Å². The molecule has 5 nitrogen and oxygen atoms in total. The summed E-state index contributed by atoms with van der Waals surface area (Å²) < 4.78 is 54.0. The first kappa shape index (κ1) is 14.6. The number of halogens is 2. The van der Waals surface area contributed by atoms with Gasteiger partial charge in [-0.25, -0.2) is 26.9 Å². The van der Waals surface area contributed by atoms with Crippen molar-refractivity contribution in [1.29, 1.82) is 0 Å². The van der Waals surface area contributed by atoms with Crippen molar-refractivity contribution in [3.05, 3.63) is 48.6 Å². The van der Waals surface area contributed by atoms with Gasteiger partial charge < -0.3 is 4.57 Å². The van der Waals surface area contributed by atoms with E-state index in [1.807, 2.05) is 0 Å². The Balaban J connectivity index is 2.12. The zero-order valence-corrected chi connectivity index (χ0v) is 11.4. The molecule has 2 aromatic rings. The van der Waals surface area contributed by atoms with Crippen LogP contribution < -0.4 is 4.72 Å². The lowest BCUT2D eigenvalue weighted by Crippen LogP contribution is -2.35. The standard InChI is InChI=1S/C12H13F2N3O2S/c1-9(7-17-5-4-15-8-17)16-20(18,19)10-2-3-11(13)12(14)6-10/h2-6,8-9,16H,7H2,1H3. The molecule has 1 heterocycles. The molecular weight excluding hydrogens is 288 g/mol. The van der Waals surface area contributed by atoms with E-state index in [4.69, 9.17) is 0 Å². The molecule has 108 valence electrons. The maximum absolute atomic E-state index is 13.1. The molecule has 0 saturated heterocycles. The van der Waals surface area contributed by atoms with Crippen molar-refractivity contribution in [3.8, 4) is 0 Å². The predicted octanol–water partition coefficient (Wildman–Crippen LogP) is 1.53. The van der Waals surface area contributed by atoms with E-state index < -0.39 is 27.7 Å². The van der Waals surface area contributed by atoms with Crippen molar-refractivity contribution in [2.45, 2.75) is 24.4 Å². The number of benzene rings is 1. The molecule has 1 aromatic carbocycles. The highest BCUT2D eigenvalue weighted by molar-refractivity contribution is 7.89. The molecule has 0 fully saturated rings. The Hall–Kier alpha value is -1.80. The molecule has 1 atom stereocenters. The fraction of sp³-hybridized carbons (Fsp3) is 0.250. The van der Waals surface area contributed by atoms with Crippen molar-refractivity contribution in [2.24, 2.45) is 0 Å². The van der Waals surface area contributed by atoms with Gasteiger partial charge in [-0.1, -0.05) is 0 Å².